The van der Waals surface area contributed by atoms with Gasteiger partial charge in [0.05, 0.1) is 20.6 Å². The van der Waals surface area contributed by atoms with Crippen molar-refractivity contribution < 1.29 is 19.1 Å². The molecule has 0 radical (unpaired) electrons. The number of benzene rings is 2. The lowest BCUT2D eigenvalue weighted by molar-refractivity contribution is -0.117. The number of methoxy groups -OCH3 is 2. The zero-order chi connectivity index (χ0) is 22.0. The Hall–Kier alpha value is -3.81. The molecule has 0 saturated carbocycles. The third-order valence-electron chi connectivity index (χ3n) is 5.35. The Morgan fingerprint density at radius 2 is 1.90 bits per heavy atom. The maximum Gasteiger partial charge on any atom is 0.230 e. The molecular weight excluding hydrogens is 396 g/mol. The van der Waals surface area contributed by atoms with Gasteiger partial charge in [-0.05, 0) is 23.3 Å². The molecule has 160 valence electrons. The molecule has 0 aliphatic carbocycles. The highest BCUT2D eigenvalue weighted by atomic mass is 16.5. The summed E-state index contributed by atoms with van der Waals surface area (Å²) in [5, 5.41) is 10.3. The average Bonchev–Trinajstić information content (AvgIpc) is 3.08. The van der Waals surface area contributed by atoms with Crippen LogP contribution in [0.3, 0.4) is 0 Å². The number of amides is 2. The molecule has 8 heteroatoms. The average molecular weight is 420 g/mol. The first kappa shape index (κ1) is 20.5. The third kappa shape index (κ3) is 4.09. The molecule has 2 heterocycles. The van der Waals surface area contributed by atoms with E-state index in [0.29, 0.717) is 29.6 Å². The van der Waals surface area contributed by atoms with Crippen molar-refractivity contribution in [2.45, 2.75) is 18.8 Å². The fourth-order valence-corrected chi connectivity index (χ4v) is 3.90. The van der Waals surface area contributed by atoms with Crippen molar-refractivity contribution in [3.63, 3.8) is 0 Å². The second-order valence-corrected chi connectivity index (χ2v) is 7.36. The molecule has 1 aromatic heterocycles. The van der Waals surface area contributed by atoms with Crippen LogP contribution >= 0.6 is 0 Å². The van der Waals surface area contributed by atoms with Crippen molar-refractivity contribution >= 4 is 23.5 Å². The smallest absolute Gasteiger partial charge is 0.230 e. The Labute approximate surface area is 180 Å². The summed E-state index contributed by atoms with van der Waals surface area (Å²) in [6.07, 6.45) is 0.440. The lowest BCUT2D eigenvalue weighted by Crippen LogP contribution is -2.25. The molecule has 1 aliphatic rings. The largest absolute Gasteiger partial charge is 0.493 e. The van der Waals surface area contributed by atoms with Crippen molar-refractivity contribution in [1.82, 2.24) is 9.78 Å². The van der Waals surface area contributed by atoms with Gasteiger partial charge < -0.3 is 20.1 Å². The topological polar surface area (TPSA) is 94.5 Å². The molecule has 1 atom stereocenters. The van der Waals surface area contributed by atoms with Crippen LogP contribution in [-0.2, 0) is 23.1 Å². The Morgan fingerprint density at radius 1 is 1.16 bits per heavy atom. The standard InChI is InChI=1S/C23H24N4O4/c1-27-23-21(16(13-20(29)25-23)15-7-5-4-6-8-15)22(26-27)24-19(28)12-14-9-10-17(30-2)18(11-14)31-3/h4-11,16H,12-13H2,1-3H3,(H,25,29)(H,24,26,28)/t16-/m0/s1. The molecule has 0 unspecified atom stereocenters. The molecule has 3 aromatic rings. The Kier molecular flexibility index (Phi) is 5.62. The van der Waals surface area contributed by atoms with E-state index in [0.717, 1.165) is 16.7 Å². The highest BCUT2D eigenvalue weighted by Gasteiger charge is 2.33. The molecule has 0 spiro atoms. The number of carbonyl (C=O) groups is 2. The van der Waals surface area contributed by atoms with Crippen molar-refractivity contribution in [1.29, 1.82) is 0 Å². The predicted octanol–water partition coefficient (Wildman–Crippen LogP) is 3.09. The lowest BCUT2D eigenvalue weighted by atomic mass is 9.86. The summed E-state index contributed by atoms with van der Waals surface area (Å²) >= 11 is 0. The van der Waals surface area contributed by atoms with Gasteiger partial charge in [-0.3, -0.25) is 14.3 Å². The minimum absolute atomic E-state index is 0.0763. The first-order valence-electron chi connectivity index (χ1n) is 9.92. The number of aryl methyl sites for hydroxylation is 1. The van der Waals surface area contributed by atoms with Gasteiger partial charge in [0.1, 0.15) is 5.82 Å². The summed E-state index contributed by atoms with van der Waals surface area (Å²) < 4.78 is 12.2. The summed E-state index contributed by atoms with van der Waals surface area (Å²) in [6, 6.07) is 15.1. The number of rotatable bonds is 6. The third-order valence-corrected chi connectivity index (χ3v) is 5.35. The van der Waals surface area contributed by atoms with E-state index in [1.165, 1.54) is 0 Å². The number of aromatic nitrogens is 2. The molecule has 2 N–H and O–H groups in total. The van der Waals surface area contributed by atoms with Gasteiger partial charge in [-0.15, -0.1) is 0 Å². The summed E-state index contributed by atoms with van der Waals surface area (Å²) in [4.78, 5) is 25.1. The minimum Gasteiger partial charge on any atom is -0.493 e. The van der Waals surface area contributed by atoms with Gasteiger partial charge in [0.2, 0.25) is 11.8 Å². The number of hydrogen-bond donors (Lipinski definition) is 2. The van der Waals surface area contributed by atoms with Gasteiger partial charge in [-0.1, -0.05) is 36.4 Å². The highest BCUT2D eigenvalue weighted by Crippen LogP contribution is 2.41. The monoisotopic (exact) mass is 420 g/mol. The van der Waals surface area contributed by atoms with E-state index < -0.39 is 0 Å². The van der Waals surface area contributed by atoms with Crippen LogP contribution in [0.15, 0.2) is 48.5 Å². The lowest BCUT2D eigenvalue weighted by Gasteiger charge is -2.24. The number of anilines is 2. The second-order valence-electron chi connectivity index (χ2n) is 7.36. The van der Waals surface area contributed by atoms with E-state index in [4.69, 9.17) is 9.47 Å². The number of ether oxygens (including phenoxy) is 2. The van der Waals surface area contributed by atoms with Crippen LogP contribution < -0.4 is 20.1 Å². The summed E-state index contributed by atoms with van der Waals surface area (Å²) in [6.45, 7) is 0. The van der Waals surface area contributed by atoms with Crippen LogP contribution in [0.2, 0.25) is 0 Å². The van der Waals surface area contributed by atoms with Gasteiger partial charge >= 0.3 is 0 Å². The van der Waals surface area contributed by atoms with Crippen molar-refractivity contribution in [2.24, 2.45) is 7.05 Å². The predicted molar refractivity (Wildman–Crippen MR) is 117 cm³/mol. The number of fused-ring (bicyclic) bond motifs is 1. The van der Waals surface area contributed by atoms with Crippen molar-refractivity contribution in [2.75, 3.05) is 24.9 Å². The first-order valence-corrected chi connectivity index (χ1v) is 9.92. The Morgan fingerprint density at radius 3 is 2.61 bits per heavy atom. The number of carbonyl (C=O) groups excluding carboxylic acids is 2. The van der Waals surface area contributed by atoms with Crippen LogP contribution in [-0.4, -0.2) is 35.8 Å². The van der Waals surface area contributed by atoms with Gasteiger partial charge in [0.15, 0.2) is 17.3 Å². The van der Waals surface area contributed by atoms with Gasteiger partial charge in [-0.25, -0.2) is 0 Å². The van der Waals surface area contributed by atoms with Crippen LogP contribution in [0, 0.1) is 0 Å². The maximum absolute atomic E-state index is 12.8. The molecular formula is C23H24N4O4. The maximum atomic E-state index is 12.8. The molecule has 4 rings (SSSR count). The van der Waals surface area contributed by atoms with Crippen LogP contribution in [0.4, 0.5) is 11.6 Å². The summed E-state index contributed by atoms with van der Waals surface area (Å²) in [5.41, 5.74) is 2.60. The van der Waals surface area contributed by atoms with E-state index in [1.807, 2.05) is 36.4 Å². The van der Waals surface area contributed by atoms with Crippen LogP contribution in [0.1, 0.15) is 29.0 Å². The molecule has 0 fully saturated rings. The molecule has 2 aromatic carbocycles. The number of hydrogen-bond acceptors (Lipinski definition) is 5. The summed E-state index contributed by atoms with van der Waals surface area (Å²) in [5.74, 6) is 1.75. The fourth-order valence-electron chi connectivity index (χ4n) is 3.90. The van der Waals surface area contributed by atoms with E-state index in [1.54, 1.807) is 38.1 Å². The minimum atomic E-state index is -0.211. The second kappa shape index (κ2) is 8.51. The number of nitrogens with one attached hydrogen (secondary N) is 2. The molecule has 1 aliphatic heterocycles. The quantitative estimate of drug-likeness (QED) is 0.639. The highest BCUT2D eigenvalue weighted by molar-refractivity contribution is 5.98. The Balaban J connectivity index is 1.61. The van der Waals surface area contributed by atoms with Gasteiger partial charge in [-0.2, -0.15) is 5.10 Å². The van der Waals surface area contributed by atoms with Crippen LogP contribution in [0.5, 0.6) is 11.5 Å². The van der Waals surface area contributed by atoms with E-state index in [2.05, 4.69) is 15.7 Å². The van der Waals surface area contributed by atoms with Crippen LogP contribution in [0.25, 0.3) is 0 Å². The van der Waals surface area contributed by atoms with E-state index in [9.17, 15) is 9.59 Å². The molecule has 0 saturated heterocycles. The van der Waals surface area contributed by atoms with Crippen molar-refractivity contribution in [3.05, 3.63) is 65.2 Å². The molecule has 2 amide bonds. The molecule has 31 heavy (non-hydrogen) atoms. The van der Waals surface area contributed by atoms with E-state index >= 15 is 0 Å². The molecule has 0 bridgehead atoms. The SMILES string of the molecule is COc1ccc(CC(=O)Nc2nn(C)c3c2[C@H](c2ccccc2)CC(=O)N3)cc1OC. The zero-order valence-electron chi connectivity index (χ0n) is 17.6. The zero-order valence-corrected chi connectivity index (χ0v) is 17.6. The molecule has 8 nitrogen and oxygen atoms in total. The summed E-state index contributed by atoms with van der Waals surface area (Å²) in [7, 11) is 4.87. The number of nitrogens with zero attached hydrogens (tertiary/aromatic N) is 2. The Bertz CT molecular complexity index is 1120. The first-order chi connectivity index (χ1) is 15.0. The van der Waals surface area contributed by atoms with E-state index in [-0.39, 0.29) is 24.2 Å². The fraction of sp³-hybridized carbons (Fsp3) is 0.261. The van der Waals surface area contributed by atoms with Crippen molar-refractivity contribution in [3.8, 4) is 11.5 Å². The van der Waals surface area contributed by atoms with Gasteiger partial charge in [0.25, 0.3) is 0 Å². The normalized spacial score (nSPS) is 15.1. The van der Waals surface area contributed by atoms with Gasteiger partial charge in [0, 0.05) is 24.9 Å².